The van der Waals surface area contributed by atoms with Gasteiger partial charge in [-0.1, -0.05) is 25.1 Å². The van der Waals surface area contributed by atoms with E-state index in [0.717, 1.165) is 12.1 Å². The Hall–Kier alpha value is -1.92. The zero-order valence-corrected chi connectivity index (χ0v) is 12.0. The van der Waals surface area contributed by atoms with Gasteiger partial charge in [-0.25, -0.2) is 8.42 Å². The minimum Gasteiger partial charge on any atom is -0.313 e. The molecule has 6 heteroatoms. The number of pyridine rings is 1. The topological polar surface area (TPSA) is 71.1 Å². The van der Waals surface area contributed by atoms with E-state index >= 15 is 0 Å². The average molecular weight is 291 g/mol. The summed E-state index contributed by atoms with van der Waals surface area (Å²) in [5, 5.41) is 3.14. The van der Waals surface area contributed by atoms with Gasteiger partial charge in [-0.2, -0.15) is 0 Å². The van der Waals surface area contributed by atoms with E-state index in [2.05, 4.69) is 15.0 Å². The molecule has 2 aromatic rings. The van der Waals surface area contributed by atoms with Crippen molar-refractivity contribution in [1.29, 1.82) is 0 Å². The largest absolute Gasteiger partial charge is 0.313 e. The third-order valence-corrected chi connectivity index (χ3v) is 4.22. The maximum atomic E-state index is 12.4. The lowest BCUT2D eigenvalue weighted by Gasteiger charge is -2.12. The molecule has 1 aromatic carbocycles. The number of nitrogens with zero attached hydrogens (tertiary/aromatic N) is 1. The Morgan fingerprint density at radius 2 is 1.95 bits per heavy atom. The van der Waals surface area contributed by atoms with Crippen LogP contribution in [0, 0.1) is 0 Å². The number of anilines is 1. The van der Waals surface area contributed by atoms with E-state index in [9.17, 15) is 8.42 Å². The molecule has 0 aliphatic carbocycles. The maximum absolute atomic E-state index is 12.4. The quantitative estimate of drug-likeness (QED) is 0.854. The molecule has 2 rings (SSSR count). The van der Waals surface area contributed by atoms with Crippen LogP contribution in [0.4, 0.5) is 5.69 Å². The van der Waals surface area contributed by atoms with Crippen LogP contribution in [-0.4, -0.2) is 19.9 Å². The van der Waals surface area contributed by atoms with Crippen LogP contribution in [0.1, 0.15) is 12.5 Å². The summed E-state index contributed by atoms with van der Waals surface area (Å²) in [6, 6.07) is 10.3. The molecule has 106 valence electrons. The third kappa shape index (κ3) is 3.55. The Bertz CT molecular complexity index is 657. The summed E-state index contributed by atoms with van der Waals surface area (Å²) in [5.41, 5.74) is 1.19. The number of rotatable bonds is 6. The van der Waals surface area contributed by atoms with Crippen LogP contribution in [0.2, 0.25) is 0 Å². The van der Waals surface area contributed by atoms with Crippen LogP contribution in [0.3, 0.4) is 0 Å². The lowest BCUT2D eigenvalue weighted by molar-refractivity contribution is 0.598. The van der Waals surface area contributed by atoms with E-state index in [1.807, 2.05) is 13.0 Å². The molecule has 0 fully saturated rings. The fraction of sp³-hybridized carbons (Fsp3) is 0.214. The fourth-order valence-corrected chi connectivity index (χ4v) is 3.09. The van der Waals surface area contributed by atoms with Crippen molar-refractivity contribution < 1.29 is 8.42 Å². The monoisotopic (exact) mass is 291 g/mol. The van der Waals surface area contributed by atoms with Gasteiger partial charge in [0.15, 0.2) is 0 Å². The van der Waals surface area contributed by atoms with Gasteiger partial charge in [0.1, 0.15) is 0 Å². The molecule has 0 spiro atoms. The first-order valence-electron chi connectivity index (χ1n) is 6.35. The van der Waals surface area contributed by atoms with E-state index in [1.54, 1.807) is 36.5 Å². The molecule has 0 saturated heterocycles. The molecule has 20 heavy (non-hydrogen) atoms. The standard InChI is InChI=1S/C14H17N3O2S/c1-2-15-10-12-6-3-4-8-14(12)20(18,19)17-13-7-5-9-16-11-13/h3-9,11,15,17H,2,10H2,1H3. The van der Waals surface area contributed by atoms with Crippen LogP contribution >= 0.6 is 0 Å². The van der Waals surface area contributed by atoms with Crippen molar-refractivity contribution in [3.8, 4) is 0 Å². The van der Waals surface area contributed by atoms with Gasteiger partial charge in [-0.15, -0.1) is 0 Å². The molecule has 0 aliphatic rings. The maximum Gasteiger partial charge on any atom is 0.262 e. The lowest BCUT2D eigenvalue weighted by Crippen LogP contribution is -2.18. The number of hydrogen-bond donors (Lipinski definition) is 2. The summed E-state index contributed by atoms with van der Waals surface area (Å²) in [7, 11) is -3.60. The number of benzene rings is 1. The van der Waals surface area contributed by atoms with E-state index in [-0.39, 0.29) is 4.90 Å². The summed E-state index contributed by atoms with van der Waals surface area (Å²) < 4.78 is 27.4. The number of sulfonamides is 1. The average Bonchev–Trinajstić information content (AvgIpc) is 2.46. The van der Waals surface area contributed by atoms with E-state index in [0.29, 0.717) is 12.2 Å². The SMILES string of the molecule is CCNCc1ccccc1S(=O)(=O)Nc1cccnc1. The second-order valence-electron chi connectivity index (χ2n) is 4.24. The Balaban J connectivity index is 2.30. The van der Waals surface area contributed by atoms with Crippen molar-refractivity contribution in [1.82, 2.24) is 10.3 Å². The molecular formula is C14H17N3O2S. The molecule has 0 amide bonds. The summed E-state index contributed by atoms with van der Waals surface area (Å²) in [4.78, 5) is 4.18. The van der Waals surface area contributed by atoms with Crippen LogP contribution in [-0.2, 0) is 16.6 Å². The first-order valence-corrected chi connectivity index (χ1v) is 7.83. The molecule has 0 saturated carbocycles. The van der Waals surface area contributed by atoms with Gasteiger partial charge in [0, 0.05) is 12.7 Å². The first-order chi connectivity index (χ1) is 9.63. The highest BCUT2D eigenvalue weighted by atomic mass is 32.2. The molecule has 5 nitrogen and oxygen atoms in total. The fourth-order valence-electron chi connectivity index (χ4n) is 1.80. The highest BCUT2D eigenvalue weighted by Gasteiger charge is 2.17. The Kier molecular flexibility index (Phi) is 4.70. The number of aromatic nitrogens is 1. The Labute approximate surface area is 119 Å². The molecule has 0 bridgehead atoms. The van der Waals surface area contributed by atoms with Gasteiger partial charge < -0.3 is 5.32 Å². The van der Waals surface area contributed by atoms with Gasteiger partial charge in [0.25, 0.3) is 10.0 Å². The summed E-state index contributed by atoms with van der Waals surface area (Å²) in [6.45, 7) is 3.27. The Morgan fingerprint density at radius 3 is 2.65 bits per heavy atom. The summed E-state index contributed by atoms with van der Waals surface area (Å²) >= 11 is 0. The van der Waals surface area contributed by atoms with Crippen molar-refractivity contribution in [2.45, 2.75) is 18.4 Å². The second kappa shape index (κ2) is 6.49. The molecule has 0 radical (unpaired) electrons. The Morgan fingerprint density at radius 1 is 1.15 bits per heavy atom. The number of nitrogens with one attached hydrogen (secondary N) is 2. The predicted molar refractivity (Wildman–Crippen MR) is 78.9 cm³/mol. The van der Waals surface area contributed by atoms with Gasteiger partial charge >= 0.3 is 0 Å². The van der Waals surface area contributed by atoms with Crippen molar-refractivity contribution in [3.63, 3.8) is 0 Å². The van der Waals surface area contributed by atoms with E-state index < -0.39 is 10.0 Å². The van der Waals surface area contributed by atoms with Crippen molar-refractivity contribution in [3.05, 3.63) is 54.4 Å². The second-order valence-corrected chi connectivity index (χ2v) is 5.89. The minimum absolute atomic E-state index is 0.282. The highest BCUT2D eigenvalue weighted by molar-refractivity contribution is 7.92. The molecule has 1 aromatic heterocycles. The van der Waals surface area contributed by atoms with Gasteiger partial charge in [0.05, 0.1) is 16.8 Å². The van der Waals surface area contributed by atoms with Crippen LogP contribution in [0.5, 0.6) is 0 Å². The smallest absolute Gasteiger partial charge is 0.262 e. The third-order valence-electron chi connectivity index (χ3n) is 2.74. The van der Waals surface area contributed by atoms with E-state index in [4.69, 9.17) is 0 Å². The van der Waals surface area contributed by atoms with Crippen LogP contribution < -0.4 is 10.0 Å². The zero-order chi connectivity index (χ0) is 14.4. The first kappa shape index (κ1) is 14.5. The van der Waals surface area contributed by atoms with Crippen LogP contribution in [0.15, 0.2) is 53.7 Å². The minimum atomic E-state index is -3.60. The zero-order valence-electron chi connectivity index (χ0n) is 11.2. The van der Waals surface area contributed by atoms with Crippen molar-refractivity contribution in [2.75, 3.05) is 11.3 Å². The molecule has 1 heterocycles. The lowest BCUT2D eigenvalue weighted by atomic mass is 10.2. The summed E-state index contributed by atoms with van der Waals surface area (Å²) in [5.74, 6) is 0. The summed E-state index contributed by atoms with van der Waals surface area (Å²) in [6.07, 6.45) is 3.07. The molecular weight excluding hydrogens is 274 g/mol. The van der Waals surface area contributed by atoms with E-state index in [1.165, 1.54) is 6.20 Å². The predicted octanol–water partition coefficient (Wildman–Crippen LogP) is 1.99. The van der Waals surface area contributed by atoms with Gasteiger partial charge in [-0.3, -0.25) is 9.71 Å². The molecule has 0 atom stereocenters. The normalized spacial score (nSPS) is 11.2. The van der Waals surface area contributed by atoms with Gasteiger partial charge in [-0.05, 0) is 30.3 Å². The van der Waals surface area contributed by atoms with Crippen LogP contribution in [0.25, 0.3) is 0 Å². The van der Waals surface area contributed by atoms with Crippen molar-refractivity contribution in [2.24, 2.45) is 0 Å². The highest BCUT2D eigenvalue weighted by Crippen LogP contribution is 2.19. The molecule has 0 unspecified atom stereocenters. The molecule has 0 aliphatic heterocycles. The molecule has 2 N–H and O–H groups in total. The van der Waals surface area contributed by atoms with Crippen molar-refractivity contribution >= 4 is 15.7 Å². The number of hydrogen-bond acceptors (Lipinski definition) is 4. The van der Waals surface area contributed by atoms with Gasteiger partial charge in [0.2, 0.25) is 0 Å².